The highest BCUT2D eigenvalue weighted by Crippen LogP contribution is 2.51. The van der Waals surface area contributed by atoms with Crippen molar-refractivity contribution in [1.82, 2.24) is 4.98 Å². The van der Waals surface area contributed by atoms with Crippen LogP contribution in [0.4, 0.5) is 4.11 Å². The predicted octanol–water partition coefficient (Wildman–Crippen LogP) is 3.80. The first kappa shape index (κ1) is 13.4. The third-order valence-electron chi connectivity index (χ3n) is 3.15. The lowest BCUT2D eigenvalue weighted by Gasteiger charge is -2.44. The van der Waals surface area contributed by atoms with Crippen molar-refractivity contribution in [1.29, 1.82) is 0 Å². The van der Waals surface area contributed by atoms with E-state index < -0.39 is 8.41 Å². The molecule has 0 bridgehead atoms. The molecule has 3 heteroatoms. The van der Waals surface area contributed by atoms with Crippen molar-refractivity contribution in [2.75, 3.05) is 0 Å². The minimum atomic E-state index is -3.07. The lowest BCUT2D eigenvalue weighted by atomic mass is 10.2. The van der Waals surface area contributed by atoms with Crippen LogP contribution in [0.1, 0.15) is 41.5 Å². The van der Waals surface area contributed by atoms with E-state index in [1.807, 2.05) is 53.7 Å². The van der Waals surface area contributed by atoms with Crippen LogP contribution in [0.25, 0.3) is 0 Å². The highest BCUT2D eigenvalue weighted by atomic mass is 28.4. The zero-order valence-corrected chi connectivity index (χ0v) is 12.1. The number of hydrogen-bond donors (Lipinski definition) is 0. The molecular formula is C13H22FNSi. The molecule has 0 aliphatic heterocycles. The average molecular weight is 239 g/mol. The first-order valence-corrected chi connectivity index (χ1v) is 7.58. The smallest absolute Gasteiger partial charge is 0.288 e. The zero-order valence-electron chi connectivity index (χ0n) is 11.1. The van der Waals surface area contributed by atoms with Gasteiger partial charge in [0.2, 0.25) is 0 Å². The van der Waals surface area contributed by atoms with Gasteiger partial charge < -0.3 is 4.11 Å². The third-order valence-corrected chi connectivity index (χ3v) is 8.41. The molecule has 0 atom stereocenters. The van der Waals surface area contributed by atoms with Crippen LogP contribution >= 0.6 is 0 Å². The minimum Gasteiger partial charge on any atom is -0.307 e. The SMILES string of the molecule is CC(C)(C)[Si](F)(c1ccncc1)C(C)(C)C. The van der Waals surface area contributed by atoms with Crippen LogP contribution in [0.2, 0.25) is 10.1 Å². The monoisotopic (exact) mass is 239 g/mol. The van der Waals surface area contributed by atoms with Crippen LogP contribution in [0.5, 0.6) is 0 Å². The Morgan fingerprint density at radius 2 is 1.31 bits per heavy atom. The van der Waals surface area contributed by atoms with Crippen molar-refractivity contribution >= 4 is 13.6 Å². The molecule has 0 unspecified atom stereocenters. The Kier molecular flexibility index (Phi) is 3.30. The Balaban J connectivity index is 3.39. The van der Waals surface area contributed by atoms with Crippen LogP contribution < -0.4 is 5.19 Å². The number of rotatable bonds is 1. The van der Waals surface area contributed by atoms with Crippen molar-refractivity contribution in [3.63, 3.8) is 0 Å². The first-order chi connectivity index (χ1) is 7.11. The molecule has 0 spiro atoms. The molecule has 0 aliphatic carbocycles. The fraction of sp³-hybridized carbons (Fsp3) is 0.615. The molecule has 16 heavy (non-hydrogen) atoms. The maximum atomic E-state index is 15.6. The Hall–Kier alpha value is -0.703. The molecule has 0 saturated carbocycles. The van der Waals surface area contributed by atoms with Gasteiger partial charge in [-0.1, -0.05) is 41.5 Å². The van der Waals surface area contributed by atoms with Crippen molar-refractivity contribution < 1.29 is 4.11 Å². The van der Waals surface area contributed by atoms with Crippen LogP contribution in [-0.2, 0) is 0 Å². The second-order valence-corrected chi connectivity index (χ2v) is 11.3. The summed E-state index contributed by atoms with van der Waals surface area (Å²) >= 11 is 0. The predicted molar refractivity (Wildman–Crippen MR) is 70.2 cm³/mol. The maximum absolute atomic E-state index is 15.6. The summed E-state index contributed by atoms with van der Waals surface area (Å²) in [5, 5.41) is 0.224. The molecule has 90 valence electrons. The van der Waals surface area contributed by atoms with E-state index in [1.54, 1.807) is 12.4 Å². The minimum absolute atomic E-state index is 0.313. The van der Waals surface area contributed by atoms with Gasteiger partial charge in [0, 0.05) is 12.4 Å². The number of pyridine rings is 1. The van der Waals surface area contributed by atoms with Crippen molar-refractivity contribution in [3.05, 3.63) is 24.5 Å². The van der Waals surface area contributed by atoms with Gasteiger partial charge in [-0.3, -0.25) is 4.98 Å². The number of halogens is 1. The van der Waals surface area contributed by atoms with E-state index in [1.165, 1.54) is 0 Å². The van der Waals surface area contributed by atoms with Crippen molar-refractivity contribution in [3.8, 4) is 0 Å². The number of aromatic nitrogens is 1. The third kappa shape index (κ3) is 2.05. The topological polar surface area (TPSA) is 12.9 Å². The lowest BCUT2D eigenvalue weighted by molar-refractivity contribution is 0.535. The van der Waals surface area contributed by atoms with Gasteiger partial charge in [0.1, 0.15) is 0 Å². The fourth-order valence-electron chi connectivity index (χ4n) is 2.57. The van der Waals surface area contributed by atoms with Crippen LogP contribution in [0, 0.1) is 0 Å². The Labute approximate surface area is 99.3 Å². The van der Waals surface area contributed by atoms with E-state index in [0.717, 1.165) is 5.19 Å². The van der Waals surface area contributed by atoms with Gasteiger partial charge in [0.15, 0.2) is 0 Å². The summed E-state index contributed by atoms with van der Waals surface area (Å²) in [4.78, 5) is 3.98. The van der Waals surface area contributed by atoms with Gasteiger partial charge in [-0.05, 0) is 27.4 Å². The van der Waals surface area contributed by atoms with E-state index in [2.05, 4.69) is 4.98 Å². The molecule has 1 heterocycles. The van der Waals surface area contributed by atoms with Gasteiger partial charge in [-0.25, -0.2) is 0 Å². The van der Waals surface area contributed by atoms with Gasteiger partial charge in [0.25, 0.3) is 8.41 Å². The molecule has 0 N–H and O–H groups in total. The Bertz CT molecular complexity index is 334. The highest BCUT2D eigenvalue weighted by molar-refractivity contribution is 6.90. The summed E-state index contributed by atoms with van der Waals surface area (Å²) < 4.78 is 15.6. The second kappa shape index (κ2) is 3.95. The van der Waals surface area contributed by atoms with Gasteiger partial charge >= 0.3 is 0 Å². The normalized spacial score (nSPS) is 13.9. The fourth-order valence-corrected chi connectivity index (χ4v) is 7.16. The molecule has 0 aliphatic rings. The van der Waals surface area contributed by atoms with Gasteiger partial charge in [0.05, 0.1) is 0 Å². The molecule has 0 aromatic carbocycles. The zero-order chi connectivity index (χ0) is 12.6. The van der Waals surface area contributed by atoms with E-state index >= 15 is 4.11 Å². The maximum Gasteiger partial charge on any atom is 0.288 e. The number of hydrogen-bond acceptors (Lipinski definition) is 1. The number of nitrogens with zero attached hydrogens (tertiary/aromatic N) is 1. The molecule has 1 rings (SSSR count). The molecular weight excluding hydrogens is 217 g/mol. The first-order valence-electron chi connectivity index (χ1n) is 5.70. The lowest BCUT2D eigenvalue weighted by Crippen LogP contribution is -2.57. The Morgan fingerprint density at radius 3 is 1.62 bits per heavy atom. The molecule has 0 fully saturated rings. The summed E-state index contributed by atoms with van der Waals surface area (Å²) in [6.45, 7) is 12.0. The van der Waals surface area contributed by atoms with Gasteiger partial charge in [-0.15, -0.1) is 0 Å². The molecule has 0 saturated heterocycles. The largest absolute Gasteiger partial charge is 0.307 e. The Morgan fingerprint density at radius 1 is 0.938 bits per heavy atom. The average Bonchev–Trinajstić information content (AvgIpc) is 2.14. The van der Waals surface area contributed by atoms with E-state index in [4.69, 9.17) is 0 Å². The summed E-state index contributed by atoms with van der Waals surface area (Å²) in [6.07, 6.45) is 3.38. The summed E-state index contributed by atoms with van der Waals surface area (Å²) in [7, 11) is -3.07. The summed E-state index contributed by atoms with van der Waals surface area (Å²) in [5.74, 6) is 0. The second-order valence-electron chi connectivity index (χ2n) is 6.39. The molecule has 1 aromatic heterocycles. The van der Waals surface area contributed by atoms with Crippen molar-refractivity contribution in [2.45, 2.75) is 51.6 Å². The molecule has 1 nitrogen and oxygen atoms in total. The molecule has 0 radical (unpaired) electrons. The van der Waals surface area contributed by atoms with Crippen LogP contribution in [-0.4, -0.2) is 13.4 Å². The quantitative estimate of drug-likeness (QED) is 0.536. The summed E-state index contributed by atoms with van der Waals surface area (Å²) in [5.41, 5.74) is 0. The molecule has 0 amide bonds. The highest BCUT2D eigenvalue weighted by Gasteiger charge is 2.56. The van der Waals surface area contributed by atoms with Crippen LogP contribution in [0.15, 0.2) is 24.5 Å². The van der Waals surface area contributed by atoms with Crippen molar-refractivity contribution in [2.24, 2.45) is 0 Å². The van der Waals surface area contributed by atoms with E-state index in [0.29, 0.717) is 0 Å². The molecule has 1 aromatic rings. The van der Waals surface area contributed by atoms with Crippen LogP contribution in [0.3, 0.4) is 0 Å². The van der Waals surface area contributed by atoms with Gasteiger partial charge in [-0.2, -0.15) is 0 Å². The standard InChI is InChI=1S/C13H22FNSi/c1-12(2,3)16(14,13(4,5)6)11-7-9-15-10-8-11/h7-10H,1-6H3. The van der Waals surface area contributed by atoms with E-state index in [-0.39, 0.29) is 10.1 Å². The summed E-state index contributed by atoms with van der Waals surface area (Å²) in [6, 6.07) is 3.67. The van der Waals surface area contributed by atoms with E-state index in [9.17, 15) is 0 Å².